The maximum Gasteiger partial charge on any atom is 0.270 e. The van der Waals surface area contributed by atoms with Gasteiger partial charge < -0.3 is 33.6 Å². The molecule has 8 heteroatoms. The van der Waals surface area contributed by atoms with Crippen LogP contribution in [0.1, 0.15) is 34.9 Å². The summed E-state index contributed by atoms with van der Waals surface area (Å²) in [5.41, 5.74) is 2.05. The number of ether oxygens (including phenoxy) is 5. The van der Waals surface area contributed by atoms with Crippen molar-refractivity contribution in [3.05, 3.63) is 41.6 Å². The van der Waals surface area contributed by atoms with Gasteiger partial charge in [-0.2, -0.15) is 0 Å². The molecule has 1 aliphatic heterocycles. The first-order valence-corrected chi connectivity index (χ1v) is 10.4. The van der Waals surface area contributed by atoms with Gasteiger partial charge in [-0.1, -0.05) is 0 Å². The Hall–Kier alpha value is -3.55. The predicted molar refractivity (Wildman–Crippen MR) is 121 cm³/mol. The molecule has 4 rings (SSSR count). The van der Waals surface area contributed by atoms with E-state index in [1.54, 1.807) is 47.7 Å². The van der Waals surface area contributed by atoms with Gasteiger partial charge in [0.15, 0.2) is 11.5 Å². The third-order valence-electron chi connectivity index (χ3n) is 5.98. The minimum absolute atomic E-state index is 0.100. The van der Waals surface area contributed by atoms with E-state index in [-0.39, 0.29) is 11.9 Å². The highest BCUT2D eigenvalue weighted by Gasteiger charge is 2.34. The molecule has 1 amide bonds. The van der Waals surface area contributed by atoms with Gasteiger partial charge in [-0.25, -0.2) is 0 Å². The average molecular weight is 440 g/mol. The third-order valence-corrected chi connectivity index (χ3v) is 5.98. The molecule has 0 saturated carbocycles. The number of rotatable bonds is 7. The lowest BCUT2D eigenvalue weighted by Gasteiger charge is -2.26. The Morgan fingerprint density at radius 3 is 2.31 bits per heavy atom. The minimum Gasteiger partial charge on any atom is -0.497 e. The van der Waals surface area contributed by atoms with Crippen LogP contribution < -0.4 is 23.7 Å². The number of carbonyl (C=O) groups excluding carboxylic acids is 1. The number of fused-ring (bicyclic) bond motifs is 1. The molecule has 0 aliphatic carbocycles. The van der Waals surface area contributed by atoms with Gasteiger partial charge in [0.25, 0.3) is 5.91 Å². The van der Waals surface area contributed by atoms with E-state index in [4.69, 9.17) is 23.7 Å². The first-order chi connectivity index (χ1) is 15.6. The Bertz CT molecular complexity index is 1140. The van der Waals surface area contributed by atoms with Crippen molar-refractivity contribution in [3.63, 3.8) is 0 Å². The number of benzene rings is 2. The van der Waals surface area contributed by atoms with Crippen LogP contribution in [-0.4, -0.2) is 57.9 Å². The van der Waals surface area contributed by atoms with Crippen molar-refractivity contribution >= 4 is 16.8 Å². The summed E-state index contributed by atoms with van der Waals surface area (Å²) in [7, 11) is 7.98. The highest BCUT2D eigenvalue weighted by atomic mass is 16.5. The van der Waals surface area contributed by atoms with Crippen molar-refractivity contribution in [2.75, 3.05) is 42.1 Å². The summed E-state index contributed by atoms with van der Waals surface area (Å²) < 4.78 is 27.5. The molecule has 170 valence electrons. The SMILES string of the molecule is COc1ccc(OC)c(C2CCCN2C(=O)c2cc3c(OC)cc(OC)c(OC)c3[nH]2)c1. The van der Waals surface area contributed by atoms with Gasteiger partial charge in [0, 0.05) is 23.6 Å². The van der Waals surface area contributed by atoms with Gasteiger partial charge in [-0.3, -0.25) is 4.79 Å². The second-order valence-electron chi connectivity index (χ2n) is 7.55. The zero-order valence-electron chi connectivity index (χ0n) is 19.0. The summed E-state index contributed by atoms with van der Waals surface area (Å²) in [5.74, 6) is 3.01. The normalized spacial score (nSPS) is 15.7. The summed E-state index contributed by atoms with van der Waals surface area (Å²) in [6.45, 7) is 0.650. The van der Waals surface area contributed by atoms with Crippen LogP contribution in [0.15, 0.2) is 30.3 Å². The molecule has 0 spiro atoms. The van der Waals surface area contributed by atoms with E-state index in [0.717, 1.165) is 35.3 Å². The van der Waals surface area contributed by atoms with Gasteiger partial charge in [-0.05, 0) is 37.1 Å². The summed E-state index contributed by atoms with van der Waals surface area (Å²) >= 11 is 0. The second-order valence-corrected chi connectivity index (χ2v) is 7.55. The van der Waals surface area contributed by atoms with Crippen LogP contribution in [0.4, 0.5) is 0 Å². The van der Waals surface area contributed by atoms with E-state index in [0.29, 0.717) is 35.0 Å². The van der Waals surface area contributed by atoms with Crippen molar-refractivity contribution in [1.82, 2.24) is 9.88 Å². The lowest BCUT2D eigenvalue weighted by Crippen LogP contribution is -2.31. The molecule has 0 bridgehead atoms. The van der Waals surface area contributed by atoms with Crippen LogP contribution in [0.3, 0.4) is 0 Å². The quantitative estimate of drug-likeness (QED) is 0.593. The van der Waals surface area contributed by atoms with Crippen LogP contribution in [0, 0.1) is 0 Å². The number of H-pyrrole nitrogens is 1. The molecule has 2 aromatic carbocycles. The molecule has 1 aliphatic rings. The van der Waals surface area contributed by atoms with E-state index in [1.165, 1.54) is 0 Å². The molecule has 1 aromatic heterocycles. The number of hydrogen-bond acceptors (Lipinski definition) is 6. The van der Waals surface area contributed by atoms with Crippen molar-refractivity contribution in [3.8, 4) is 28.7 Å². The van der Waals surface area contributed by atoms with Crippen molar-refractivity contribution in [2.45, 2.75) is 18.9 Å². The standard InChI is InChI=1S/C24H28N2O6/c1-28-14-8-9-19(29-2)15(11-14)18-7-6-10-26(18)24(27)17-12-16-20(30-3)13-21(31-4)23(32-5)22(16)25-17/h8-9,11-13,18,25H,6-7,10H2,1-5H3. The zero-order valence-corrected chi connectivity index (χ0v) is 19.0. The number of amides is 1. The molecule has 32 heavy (non-hydrogen) atoms. The van der Waals surface area contributed by atoms with Gasteiger partial charge >= 0.3 is 0 Å². The van der Waals surface area contributed by atoms with Gasteiger partial charge in [0.1, 0.15) is 22.9 Å². The lowest BCUT2D eigenvalue weighted by molar-refractivity contribution is 0.0729. The number of aromatic amines is 1. The van der Waals surface area contributed by atoms with E-state index >= 15 is 0 Å². The molecular weight excluding hydrogens is 412 g/mol. The average Bonchev–Trinajstić information content (AvgIpc) is 3.49. The molecule has 1 unspecified atom stereocenters. The van der Waals surface area contributed by atoms with Crippen LogP contribution in [0.5, 0.6) is 28.7 Å². The molecule has 1 N–H and O–H groups in total. The van der Waals surface area contributed by atoms with E-state index in [2.05, 4.69) is 4.98 Å². The number of carbonyl (C=O) groups is 1. The van der Waals surface area contributed by atoms with Gasteiger partial charge in [0.05, 0.1) is 47.1 Å². The first-order valence-electron chi connectivity index (χ1n) is 10.4. The number of aromatic nitrogens is 1. The number of hydrogen-bond donors (Lipinski definition) is 1. The van der Waals surface area contributed by atoms with E-state index in [1.807, 2.05) is 23.1 Å². The van der Waals surface area contributed by atoms with Crippen LogP contribution in [0.2, 0.25) is 0 Å². The molecule has 1 saturated heterocycles. The lowest BCUT2D eigenvalue weighted by atomic mass is 10.0. The van der Waals surface area contributed by atoms with Gasteiger partial charge in [-0.15, -0.1) is 0 Å². The fourth-order valence-corrected chi connectivity index (χ4v) is 4.44. The smallest absolute Gasteiger partial charge is 0.270 e. The molecule has 8 nitrogen and oxygen atoms in total. The molecule has 2 heterocycles. The summed E-state index contributed by atoms with van der Waals surface area (Å²) in [4.78, 5) is 18.7. The van der Waals surface area contributed by atoms with E-state index in [9.17, 15) is 4.79 Å². The predicted octanol–water partition coefficient (Wildman–Crippen LogP) is 4.19. The first kappa shape index (κ1) is 21.7. The molecule has 0 radical (unpaired) electrons. The largest absolute Gasteiger partial charge is 0.497 e. The Morgan fingerprint density at radius 1 is 0.906 bits per heavy atom. The number of likely N-dealkylation sites (tertiary alicyclic amines) is 1. The summed E-state index contributed by atoms with van der Waals surface area (Å²) in [6.07, 6.45) is 1.74. The van der Waals surface area contributed by atoms with Crippen molar-refractivity contribution in [2.24, 2.45) is 0 Å². The number of nitrogens with zero attached hydrogens (tertiary/aromatic N) is 1. The van der Waals surface area contributed by atoms with Crippen molar-refractivity contribution < 1.29 is 28.5 Å². The van der Waals surface area contributed by atoms with E-state index < -0.39 is 0 Å². The maximum atomic E-state index is 13.6. The Kier molecular flexibility index (Phi) is 6.03. The number of nitrogens with one attached hydrogen (secondary N) is 1. The van der Waals surface area contributed by atoms with Crippen LogP contribution >= 0.6 is 0 Å². The Balaban J connectivity index is 1.76. The summed E-state index contributed by atoms with van der Waals surface area (Å²) in [6, 6.07) is 9.11. The zero-order chi connectivity index (χ0) is 22.8. The highest BCUT2D eigenvalue weighted by Crippen LogP contribution is 2.43. The Morgan fingerprint density at radius 2 is 1.66 bits per heavy atom. The fraction of sp³-hybridized carbons (Fsp3) is 0.375. The van der Waals surface area contributed by atoms with Crippen molar-refractivity contribution in [1.29, 1.82) is 0 Å². The third kappa shape index (κ3) is 3.55. The molecular formula is C24H28N2O6. The minimum atomic E-state index is -0.114. The van der Waals surface area contributed by atoms with Crippen LogP contribution in [-0.2, 0) is 0 Å². The number of methoxy groups -OCH3 is 5. The topological polar surface area (TPSA) is 82.2 Å². The maximum absolute atomic E-state index is 13.6. The summed E-state index contributed by atoms with van der Waals surface area (Å²) in [5, 5.41) is 0.753. The van der Waals surface area contributed by atoms with Crippen LogP contribution in [0.25, 0.3) is 10.9 Å². The second kappa shape index (κ2) is 8.90. The monoisotopic (exact) mass is 440 g/mol. The Labute approximate surface area is 187 Å². The van der Waals surface area contributed by atoms with Gasteiger partial charge in [0.2, 0.25) is 0 Å². The molecule has 1 atom stereocenters. The molecule has 3 aromatic rings. The molecule has 1 fully saturated rings. The highest BCUT2D eigenvalue weighted by molar-refractivity contribution is 6.02. The fourth-order valence-electron chi connectivity index (χ4n) is 4.44.